The Labute approximate surface area is 109 Å². The van der Waals surface area contributed by atoms with Crippen molar-refractivity contribution in [3.8, 4) is 22.6 Å². The van der Waals surface area contributed by atoms with E-state index in [0.717, 1.165) is 16.9 Å². The second-order valence-electron chi connectivity index (χ2n) is 3.61. The lowest BCUT2D eigenvalue weighted by Gasteiger charge is -2.06. The van der Waals surface area contributed by atoms with Crippen LogP contribution < -0.4 is 9.47 Å². The summed E-state index contributed by atoms with van der Waals surface area (Å²) >= 11 is 12.0. The first kappa shape index (κ1) is 10.8. The Kier molecular flexibility index (Phi) is 2.61. The highest BCUT2D eigenvalue weighted by molar-refractivity contribution is 6.35. The van der Waals surface area contributed by atoms with Gasteiger partial charge in [-0.3, -0.25) is 0 Å². The largest absolute Gasteiger partial charge is 0.454 e. The Hall–Kier alpha value is -1.38. The fourth-order valence-corrected chi connectivity index (χ4v) is 2.31. The first-order valence-electron chi connectivity index (χ1n) is 5.01. The molecule has 0 N–H and O–H groups in total. The van der Waals surface area contributed by atoms with E-state index in [1.165, 1.54) is 0 Å². The molecule has 0 spiro atoms. The van der Waals surface area contributed by atoms with Crippen LogP contribution in [0.4, 0.5) is 0 Å². The van der Waals surface area contributed by atoms with Crippen molar-refractivity contribution in [3.63, 3.8) is 0 Å². The normalized spacial score (nSPS) is 12.8. The second kappa shape index (κ2) is 4.13. The van der Waals surface area contributed by atoms with E-state index in [1.54, 1.807) is 12.1 Å². The van der Waals surface area contributed by atoms with E-state index >= 15 is 0 Å². The molecule has 1 aliphatic heterocycles. The molecule has 0 bridgehead atoms. The van der Waals surface area contributed by atoms with Crippen LogP contribution >= 0.6 is 23.2 Å². The van der Waals surface area contributed by atoms with Crippen LogP contribution in [0.5, 0.6) is 11.5 Å². The topological polar surface area (TPSA) is 18.5 Å². The highest BCUT2D eigenvalue weighted by Gasteiger charge is 2.18. The zero-order valence-electron chi connectivity index (χ0n) is 8.67. The van der Waals surface area contributed by atoms with Crippen LogP contribution in [0.25, 0.3) is 11.1 Å². The van der Waals surface area contributed by atoms with Gasteiger partial charge in [0, 0.05) is 15.6 Å². The summed E-state index contributed by atoms with van der Waals surface area (Å²) in [5.41, 5.74) is 1.68. The third kappa shape index (κ3) is 1.94. The summed E-state index contributed by atoms with van der Waals surface area (Å²) in [6, 6.07) is 12.1. The van der Waals surface area contributed by atoms with Gasteiger partial charge in [0.2, 0.25) is 6.79 Å². The minimum atomic E-state index is 0.231. The monoisotopic (exact) mass is 265 g/mol. The van der Waals surface area contributed by atoms with Gasteiger partial charge in [-0.2, -0.15) is 0 Å². The summed E-state index contributed by atoms with van der Waals surface area (Å²) in [7, 11) is 0. The predicted octanol–water partition coefficient (Wildman–Crippen LogP) is 4.19. The maximum atomic E-state index is 5.98. The van der Waals surface area contributed by atoms with Crippen molar-refractivity contribution in [2.75, 3.05) is 6.79 Å². The Balaban J connectivity index is 2.19. The molecule has 2 nitrogen and oxygen atoms in total. The van der Waals surface area contributed by atoms with Crippen LogP contribution in [0.2, 0.25) is 10.0 Å². The van der Waals surface area contributed by atoms with Crippen molar-refractivity contribution in [1.82, 2.24) is 0 Å². The summed E-state index contributed by atoms with van der Waals surface area (Å²) in [5.74, 6) is 1.40. The number of benzene rings is 2. The van der Waals surface area contributed by atoms with Gasteiger partial charge < -0.3 is 9.47 Å². The summed E-state index contributed by atoms with van der Waals surface area (Å²) < 4.78 is 10.7. The first-order valence-corrected chi connectivity index (χ1v) is 5.76. The first-order chi connectivity index (χ1) is 8.24. The summed E-state index contributed by atoms with van der Waals surface area (Å²) in [6.45, 7) is 0.231. The van der Waals surface area contributed by atoms with Crippen molar-refractivity contribution in [2.24, 2.45) is 0 Å². The number of hydrogen-bond acceptors (Lipinski definition) is 2. The Bertz CT molecular complexity index is 561. The maximum Gasteiger partial charge on any atom is 0.231 e. The van der Waals surface area contributed by atoms with Gasteiger partial charge in [0.05, 0.1) is 0 Å². The minimum Gasteiger partial charge on any atom is -0.454 e. The molecule has 1 heterocycles. The summed E-state index contributed by atoms with van der Waals surface area (Å²) in [5, 5.41) is 1.16. The van der Waals surface area contributed by atoms with Crippen LogP contribution in [0.3, 0.4) is 0 Å². The van der Waals surface area contributed by atoms with E-state index in [9.17, 15) is 0 Å². The molecule has 0 saturated heterocycles. The van der Waals surface area contributed by atoms with Crippen molar-refractivity contribution < 1.29 is 9.47 Å². The van der Waals surface area contributed by atoms with E-state index in [2.05, 4.69) is 6.07 Å². The molecule has 1 aliphatic rings. The molecule has 0 atom stereocenters. The van der Waals surface area contributed by atoms with Crippen molar-refractivity contribution >= 4 is 23.2 Å². The lowest BCUT2D eigenvalue weighted by atomic mass is 10.0. The molecule has 0 unspecified atom stereocenters. The van der Waals surface area contributed by atoms with Gasteiger partial charge in [0.25, 0.3) is 0 Å². The van der Waals surface area contributed by atoms with Crippen molar-refractivity contribution in [2.45, 2.75) is 0 Å². The van der Waals surface area contributed by atoms with E-state index in [4.69, 9.17) is 32.7 Å². The van der Waals surface area contributed by atoms with E-state index in [1.807, 2.05) is 18.2 Å². The van der Waals surface area contributed by atoms with Crippen LogP contribution in [0.15, 0.2) is 30.3 Å². The highest BCUT2D eigenvalue weighted by atomic mass is 35.5. The molecule has 1 radical (unpaired) electrons. The van der Waals surface area contributed by atoms with Gasteiger partial charge in [-0.1, -0.05) is 23.2 Å². The van der Waals surface area contributed by atoms with Crippen LogP contribution in [0.1, 0.15) is 0 Å². The predicted molar refractivity (Wildman–Crippen MR) is 66.9 cm³/mol. The molecule has 0 aromatic heterocycles. The number of rotatable bonds is 1. The second-order valence-corrected chi connectivity index (χ2v) is 4.48. The third-order valence-corrected chi connectivity index (χ3v) is 2.92. The third-order valence-electron chi connectivity index (χ3n) is 2.48. The molecule has 2 aromatic carbocycles. The average molecular weight is 266 g/mol. The lowest BCUT2D eigenvalue weighted by Crippen LogP contribution is -1.93. The van der Waals surface area contributed by atoms with E-state index < -0.39 is 0 Å². The highest BCUT2D eigenvalue weighted by Crippen LogP contribution is 2.41. The molecule has 3 rings (SSSR count). The quantitative estimate of drug-likeness (QED) is 0.770. The number of fused-ring (bicyclic) bond motifs is 1. The summed E-state index contributed by atoms with van der Waals surface area (Å²) in [6.07, 6.45) is 0. The Morgan fingerprint density at radius 3 is 2.59 bits per heavy atom. The van der Waals surface area contributed by atoms with Gasteiger partial charge in [0.1, 0.15) is 0 Å². The van der Waals surface area contributed by atoms with Crippen LogP contribution in [0, 0.1) is 6.07 Å². The van der Waals surface area contributed by atoms with Gasteiger partial charge >= 0.3 is 0 Å². The molecule has 0 aliphatic carbocycles. The average Bonchev–Trinajstić information content (AvgIpc) is 2.75. The van der Waals surface area contributed by atoms with Gasteiger partial charge in [-0.15, -0.1) is 0 Å². The van der Waals surface area contributed by atoms with Gasteiger partial charge in [-0.05, 0) is 42.0 Å². The molecule has 0 amide bonds. The van der Waals surface area contributed by atoms with E-state index in [-0.39, 0.29) is 6.79 Å². The lowest BCUT2D eigenvalue weighted by molar-refractivity contribution is 0.174. The molecule has 0 fully saturated rings. The molecule has 2 aromatic rings. The zero-order valence-corrected chi connectivity index (χ0v) is 10.2. The molecule has 4 heteroatoms. The summed E-state index contributed by atoms with van der Waals surface area (Å²) in [4.78, 5) is 0. The van der Waals surface area contributed by atoms with E-state index in [0.29, 0.717) is 15.8 Å². The minimum absolute atomic E-state index is 0.231. The molecular weight excluding hydrogens is 259 g/mol. The van der Waals surface area contributed by atoms with Crippen molar-refractivity contribution in [1.29, 1.82) is 0 Å². The fraction of sp³-hybridized carbons (Fsp3) is 0.0769. The van der Waals surface area contributed by atoms with Crippen LogP contribution in [-0.4, -0.2) is 6.79 Å². The van der Waals surface area contributed by atoms with Crippen LogP contribution in [-0.2, 0) is 0 Å². The SMILES string of the molecule is Clc1cc(Cl)cc(-c2[c]ccc3c2OCO3)c1. The fourth-order valence-electron chi connectivity index (χ4n) is 1.79. The molecular formula is C13H7Cl2O2. The van der Waals surface area contributed by atoms with Gasteiger partial charge in [0.15, 0.2) is 11.5 Å². The maximum absolute atomic E-state index is 5.98. The molecule has 85 valence electrons. The standard InChI is InChI=1S/C13H7Cl2O2/c14-9-4-8(5-10(15)6-9)11-2-1-3-12-13(11)17-7-16-12/h1,3-6H,7H2. The number of ether oxygens (including phenoxy) is 2. The number of halogens is 2. The Morgan fingerprint density at radius 2 is 1.82 bits per heavy atom. The van der Waals surface area contributed by atoms with Gasteiger partial charge in [-0.25, -0.2) is 0 Å². The van der Waals surface area contributed by atoms with Crippen molar-refractivity contribution in [3.05, 3.63) is 46.4 Å². The molecule has 0 saturated carbocycles. The zero-order chi connectivity index (χ0) is 11.8. The Morgan fingerprint density at radius 1 is 1.06 bits per heavy atom. The number of hydrogen-bond donors (Lipinski definition) is 0. The smallest absolute Gasteiger partial charge is 0.231 e. The molecule has 17 heavy (non-hydrogen) atoms.